The zero-order chi connectivity index (χ0) is 14.7. The number of nitrogens with zero attached hydrogens (tertiary/aromatic N) is 2. The second kappa shape index (κ2) is 6.39. The number of rotatable bonds is 5. The highest BCUT2D eigenvalue weighted by atomic mass is 79.9. The summed E-state index contributed by atoms with van der Waals surface area (Å²) in [6, 6.07) is 5.27. The summed E-state index contributed by atoms with van der Waals surface area (Å²) in [5, 5.41) is 22.5. The number of aromatic carboxylic acids is 1. The van der Waals surface area contributed by atoms with Crippen LogP contribution in [0.5, 0.6) is 0 Å². The van der Waals surface area contributed by atoms with Crippen LogP contribution in [0.2, 0.25) is 5.02 Å². The number of hydrogen-bond donors (Lipinski definition) is 2. The Morgan fingerprint density at radius 3 is 2.80 bits per heavy atom. The molecule has 7 heteroatoms. The molecule has 2 N–H and O–H groups in total. The fourth-order valence-corrected chi connectivity index (χ4v) is 2.59. The van der Waals surface area contributed by atoms with Crippen molar-refractivity contribution < 1.29 is 15.0 Å². The topological polar surface area (TPSA) is 75.3 Å². The molecule has 0 bridgehead atoms. The van der Waals surface area contributed by atoms with E-state index >= 15 is 0 Å². The minimum absolute atomic E-state index is 0.00325. The molecule has 0 atom stereocenters. The molecule has 0 aliphatic heterocycles. The van der Waals surface area contributed by atoms with E-state index < -0.39 is 5.97 Å². The second-order valence-corrected chi connectivity index (χ2v) is 5.50. The van der Waals surface area contributed by atoms with Gasteiger partial charge in [-0.2, -0.15) is 5.10 Å². The Morgan fingerprint density at radius 2 is 2.20 bits per heavy atom. The molecule has 0 unspecified atom stereocenters. The van der Waals surface area contributed by atoms with E-state index in [1.807, 2.05) is 0 Å². The molecule has 0 fully saturated rings. The number of aromatic nitrogens is 2. The third-order valence-corrected chi connectivity index (χ3v) is 3.55. The van der Waals surface area contributed by atoms with Crippen molar-refractivity contribution >= 4 is 33.5 Å². The summed E-state index contributed by atoms with van der Waals surface area (Å²) in [4.78, 5) is 11.2. The van der Waals surface area contributed by atoms with Crippen LogP contribution in [-0.2, 0) is 6.42 Å². The first-order valence-electron chi connectivity index (χ1n) is 5.91. The van der Waals surface area contributed by atoms with Gasteiger partial charge < -0.3 is 10.2 Å². The Labute approximate surface area is 128 Å². The van der Waals surface area contributed by atoms with Crippen molar-refractivity contribution in [1.29, 1.82) is 0 Å². The molecule has 0 radical (unpaired) electrons. The van der Waals surface area contributed by atoms with E-state index in [2.05, 4.69) is 21.0 Å². The number of carbonyl (C=O) groups is 1. The molecule has 1 aromatic heterocycles. The molecule has 20 heavy (non-hydrogen) atoms. The third-order valence-electron chi connectivity index (χ3n) is 2.75. The Kier molecular flexibility index (Phi) is 4.80. The van der Waals surface area contributed by atoms with Gasteiger partial charge in [-0.15, -0.1) is 0 Å². The van der Waals surface area contributed by atoms with Gasteiger partial charge in [0.05, 0.1) is 10.7 Å². The summed E-state index contributed by atoms with van der Waals surface area (Å²) in [6.07, 6.45) is 2.57. The number of carboxylic acids is 1. The van der Waals surface area contributed by atoms with Crippen LogP contribution < -0.4 is 0 Å². The number of aryl methyl sites for hydroxylation is 1. The molecule has 0 amide bonds. The van der Waals surface area contributed by atoms with Crippen molar-refractivity contribution in [3.05, 3.63) is 45.1 Å². The second-order valence-electron chi connectivity index (χ2n) is 4.18. The lowest BCUT2D eigenvalue weighted by molar-refractivity contribution is 0.0688. The molecular formula is C13H12BrClN2O3. The Bertz CT molecular complexity index is 643. The van der Waals surface area contributed by atoms with Crippen molar-refractivity contribution in [1.82, 2.24) is 9.78 Å². The monoisotopic (exact) mass is 358 g/mol. The highest BCUT2D eigenvalue weighted by Crippen LogP contribution is 2.25. The summed E-state index contributed by atoms with van der Waals surface area (Å²) in [6.45, 7) is 0.00325. The van der Waals surface area contributed by atoms with Crippen LogP contribution >= 0.6 is 27.5 Å². The fourth-order valence-electron chi connectivity index (χ4n) is 1.83. The molecule has 1 heterocycles. The summed E-state index contributed by atoms with van der Waals surface area (Å²) in [5.41, 5.74) is 1.16. The van der Waals surface area contributed by atoms with E-state index in [0.29, 0.717) is 29.1 Å². The van der Waals surface area contributed by atoms with Gasteiger partial charge in [0.15, 0.2) is 5.69 Å². The van der Waals surface area contributed by atoms with Gasteiger partial charge in [-0.1, -0.05) is 27.5 Å². The first-order chi connectivity index (χ1) is 9.52. The van der Waals surface area contributed by atoms with Crippen LogP contribution in [0.4, 0.5) is 0 Å². The SMILES string of the molecule is O=C(O)c1nn(-c2ccc(Br)cc2Cl)cc1CCCO. The summed E-state index contributed by atoms with van der Waals surface area (Å²) in [7, 11) is 0. The number of halogens is 2. The highest BCUT2D eigenvalue weighted by molar-refractivity contribution is 9.10. The van der Waals surface area contributed by atoms with E-state index in [1.54, 1.807) is 24.4 Å². The molecule has 2 rings (SSSR count). The van der Waals surface area contributed by atoms with E-state index in [9.17, 15) is 4.79 Å². The van der Waals surface area contributed by atoms with Gasteiger partial charge in [-0.25, -0.2) is 9.48 Å². The lowest BCUT2D eigenvalue weighted by Gasteiger charge is -2.04. The smallest absolute Gasteiger partial charge is 0.356 e. The van der Waals surface area contributed by atoms with Crippen LogP contribution in [0.3, 0.4) is 0 Å². The Morgan fingerprint density at radius 1 is 1.45 bits per heavy atom. The standard InChI is InChI=1S/C13H12BrClN2O3/c14-9-3-4-11(10(15)6-9)17-7-8(2-1-5-18)12(16-17)13(19)20/h3-4,6-7,18H,1-2,5H2,(H,19,20). The molecule has 1 aromatic carbocycles. The van der Waals surface area contributed by atoms with Gasteiger partial charge in [0.2, 0.25) is 0 Å². The van der Waals surface area contributed by atoms with E-state index in [-0.39, 0.29) is 12.3 Å². The molecule has 5 nitrogen and oxygen atoms in total. The maximum absolute atomic E-state index is 11.2. The van der Waals surface area contributed by atoms with Crippen LogP contribution in [0.1, 0.15) is 22.5 Å². The van der Waals surface area contributed by atoms with Crippen LogP contribution in [0.25, 0.3) is 5.69 Å². The van der Waals surface area contributed by atoms with E-state index in [0.717, 1.165) is 4.47 Å². The molecule has 2 aromatic rings. The highest BCUT2D eigenvalue weighted by Gasteiger charge is 2.17. The zero-order valence-electron chi connectivity index (χ0n) is 10.4. The summed E-state index contributed by atoms with van der Waals surface area (Å²) < 4.78 is 2.28. The quantitative estimate of drug-likeness (QED) is 0.861. The zero-order valence-corrected chi connectivity index (χ0v) is 12.7. The molecule has 106 valence electrons. The maximum Gasteiger partial charge on any atom is 0.356 e. The molecule has 0 aliphatic rings. The number of benzene rings is 1. The van der Waals surface area contributed by atoms with Gasteiger partial charge in [-0.05, 0) is 31.0 Å². The van der Waals surface area contributed by atoms with Crippen molar-refractivity contribution in [2.24, 2.45) is 0 Å². The molecular weight excluding hydrogens is 348 g/mol. The Hall–Kier alpha value is -1.37. The normalized spacial score (nSPS) is 10.8. The number of aliphatic hydroxyl groups is 1. The van der Waals surface area contributed by atoms with Crippen molar-refractivity contribution in [2.75, 3.05) is 6.61 Å². The van der Waals surface area contributed by atoms with E-state index in [4.69, 9.17) is 21.8 Å². The van der Waals surface area contributed by atoms with Gasteiger partial charge in [0.1, 0.15) is 0 Å². The van der Waals surface area contributed by atoms with Crippen LogP contribution in [0.15, 0.2) is 28.9 Å². The molecule has 0 spiro atoms. The summed E-state index contributed by atoms with van der Waals surface area (Å²) >= 11 is 9.44. The van der Waals surface area contributed by atoms with Gasteiger partial charge in [0, 0.05) is 22.8 Å². The van der Waals surface area contributed by atoms with Crippen molar-refractivity contribution in [2.45, 2.75) is 12.8 Å². The first kappa shape index (κ1) is 15.0. The first-order valence-corrected chi connectivity index (χ1v) is 7.08. The summed E-state index contributed by atoms with van der Waals surface area (Å²) in [5.74, 6) is -1.09. The maximum atomic E-state index is 11.2. The molecule has 0 saturated heterocycles. The predicted molar refractivity (Wildman–Crippen MR) is 78.6 cm³/mol. The number of aliphatic hydroxyl groups excluding tert-OH is 1. The van der Waals surface area contributed by atoms with Crippen molar-refractivity contribution in [3.8, 4) is 5.69 Å². The third kappa shape index (κ3) is 3.20. The van der Waals surface area contributed by atoms with Gasteiger partial charge in [0.25, 0.3) is 0 Å². The molecule has 0 aliphatic carbocycles. The number of carboxylic acid groups (broad SMARTS) is 1. The molecule has 0 saturated carbocycles. The number of hydrogen-bond acceptors (Lipinski definition) is 3. The largest absolute Gasteiger partial charge is 0.476 e. The minimum Gasteiger partial charge on any atom is -0.476 e. The van der Waals surface area contributed by atoms with Crippen molar-refractivity contribution in [3.63, 3.8) is 0 Å². The van der Waals surface area contributed by atoms with Gasteiger partial charge >= 0.3 is 5.97 Å². The lowest BCUT2D eigenvalue weighted by atomic mass is 10.1. The van der Waals surface area contributed by atoms with Crippen LogP contribution in [-0.4, -0.2) is 32.6 Å². The van der Waals surface area contributed by atoms with Crippen LogP contribution in [0, 0.1) is 0 Å². The fraction of sp³-hybridized carbons (Fsp3) is 0.231. The lowest BCUT2D eigenvalue weighted by Crippen LogP contribution is -2.03. The predicted octanol–water partition coefficient (Wildman–Crippen LogP) is 2.91. The average molecular weight is 360 g/mol. The minimum atomic E-state index is -1.09. The average Bonchev–Trinajstić information content (AvgIpc) is 2.80. The van der Waals surface area contributed by atoms with Gasteiger partial charge in [-0.3, -0.25) is 0 Å². The van der Waals surface area contributed by atoms with E-state index in [1.165, 1.54) is 4.68 Å². The Balaban J connectivity index is 2.44.